The van der Waals surface area contributed by atoms with Gasteiger partial charge in [0.15, 0.2) is 5.82 Å². The number of aromatic nitrogens is 3. The molecule has 0 aliphatic heterocycles. The molecule has 2 atom stereocenters. The Balaban J connectivity index is 1.81. The number of thioether (sulfide) groups is 1. The van der Waals surface area contributed by atoms with Crippen LogP contribution < -0.4 is 5.32 Å². The lowest BCUT2D eigenvalue weighted by Gasteiger charge is -2.29. The Morgan fingerprint density at radius 2 is 2.26 bits per heavy atom. The van der Waals surface area contributed by atoms with Crippen molar-refractivity contribution in [1.29, 1.82) is 0 Å². The maximum Gasteiger partial charge on any atom is 0.154 e. The Morgan fingerprint density at radius 3 is 3.11 bits per heavy atom. The molecule has 0 saturated heterocycles. The zero-order chi connectivity index (χ0) is 13.2. The lowest BCUT2D eigenvalue weighted by Crippen LogP contribution is -2.28. The van der Waals surface area contributed by atoms with Crippen molar-refractivity contribution < 1.29 is 0 Å². The fourth-order valence-corrected chi connectivity index (χ4v) is 3.68. The lowest BCUT2D eigenvalue weighted by molar-refractivity contribution is 0.473. The molecular formula is C14H20N4S. The summed E-state index contributed by atoms with van der Waals surface area (Å²) in [6.45, 7) is 0. The molecule has 1 aliphatic carbocycles. The highest BCUT2D eigenvalue weighted by molar-refractivity contribution is 7.99. The zero-order valence-corrected chi connectivity index (χ0v) is 12.3. The Bertz CT molecular complexity index is 566. The van der Waals surface area contributed by atoms with Crippen LogP contribution in [0.4, 0.5) is 5.82 Å². The van der Waals surface area contributed by atoms with Gasteiger partial charge in [0.25, 0.3) is 0 Å². The molecule has 19 heavy (non-hydrogen) atoms. The number of aryl methyl sites for hydroxylation is 1. The fraction of sp³-hybridized carbons (Fsp3) is 0.571. The SMILES string of the molecule is CSC1CCCC(Nc2nccc3c2ncn3C)C1. The van der Waals surface area contributed by atoms with E-state index in [0.29, 0.717) is 6.04 Å². The number of hydrogen-bond donors (Lipinski definition) is 1. The van der Waals surface area contributed by atoms with Crippen LogP contribution in [0.3, 0.4) is 0 Å². The molecule has 0 spiro atoms. The Morgan fingerprint density at radius 1 is 1.37 bits per heavy atom. The maximum atomic E-state index is 4.47. The van der Waals surface area contributed by atoms with Crippen molar-refractivity contribution in [1.82, 2.24) is 14.5 Å². The summed E-state index contributed by atoms with van der Waals surface area (Å²) in [6, 6.07) is 2.55. The van der Waals surface area contributed by atoms with E-state index in [2.05, 4.69) is 21.5 Å². The van der Waals surface area contributed by atoms with Gasteiger partial charge in [0.1, 0.15) is 5.52 Å². The number of fused-ring (bicyclic) bond motifs is 1. The van der Waals surface area contributed by atoms with E-state index in [0.717, 1.165) is 22.1 Å². The summed E-state index contributed by atoms with van der Waals surface area (Å²) in [5.74, 6) is 0.935. The summed E-state index contributed by atoms with van der Waals surface area (Å²) >= 11 is 1.99. The summed E-state index contributed by atoms with van der Waals surface area (Å²) in [5, 5.41) is 4.39. The van der Waals surface area contributed by atoms with Gasteiger partial charge >= 0.3 is 0 Å². The molecule has 1 fully saturated rings. The lowest BCUT2D eigenvalue weighted by atomic mass is 9.95. The van der Waals surface area contributed by atoms with E-state index in [4.69, 9.17) is 0 Å². The van der Waals surface area contributed by atoms with E-state index >= 15 is 0 Å². The summed E-state index contributed by atoms with van der Waals surface area (Å²) in [7, 11) is 2.02. The van der Waals surface area contributed by atoms with Gasteiger partial charge in [0.05, 0.1) is 11.8 Å². The number of nitrogens with zero attached hydrogens (tertiary/aromatic N) is 3. The van der Waals surface area contributed by atoms with Crippen molar-refractivity contribution >= 4 is 28.6 Å². The van der Waals surface area contributed by atoms with Crippen LogP contribution in [0.25, 0.3) is 11.0 Å². The van der Waals surface area contributed by atoms with Crippen LogP contribution in [0.5, 0.6) is 0 Å². The Hall–Kier alpha value is -1.23. The topological polar surface area (TPSA) is 42.7 Å². The van der Waals surface area contributed by atoms with Crippen molar-refractivity contribution in [2.45, 2.75) is 37.0 Å². The van der Waals surface area contributed by atoms with E-state index in [-0.39, 0.29) is 0 Å². The van der Waals surface area contributed by atoms with Gasteiger partial charge in [-0.25, -0.2) is 9.97 Å². The summed E-state index contributed by atoms with van der Waals surface area (Å²) in [4.78, 5) is 8.93. The van der Waals surface area contributed by atoms with Crippen LogP contribution in [0, 0.1) is 0 Å². The average Bonchev–Trinajstić information content (AvgIpc) is 2.82. The van der Waals surface area contributed by atoms with Crippen LogP contribution in [-0.4, -0.2) is 32.1 Å². The van der Waals surface area contributed by atoms with Gasteiger partial charge in [-0.15, -0.1) is 0 Å². The first kappa shape index (κ1) is 12.8. The van der Waals surface area contributed by atoms with Gasteiger partial charge < -0.3 is 9.88 Å². The maximum absolute atomic E-state index is 4.47. The van der Waals surface area contributed by atoms with Crippen molar-refractivity contribution in [3.63, 3.8) is 0 Å². The minimum atomic E-state index is 0.534. The van der Waals surface area contributed by atoms with Crippen molar-refractivity contribution in [3.05, 3.63) is 18.6 Å². The molecule has 2 aromatic rings. The molecule has 0 bridgehead atoms. The first-order valence-corrected chi connectivity index (χ1v) is 8.12. The van der Waals surface area contributed by atoms with Gasteiger partial charge in [0.2, 0.25) is 0 Å². The third-order valence-electron chi connectivity index (χ3n) is 3.94. The summed E-state index contributed by atoms with van der Waals surface area (Å²) in [5.41, 5.74) is 2.12. The highest BCUT2D eigenvalue weighted by atomic mass is 32.2. The van der Waals surface area contributed by atoms with Crippen molar-refractivity contribution in [3.8, 4) is 0 Å². The van der Waals surface area contributed by atoms with Crippen LogP contribution in [-0.2, 0) is 7.05 Å². The number of hydrogen-bond acceptors (Lipinski definition) is 4. The molecule has 2 heterocycles. The number of imidazole rings is 1. The first-order valence-electron chi connectivity index (χ1n) is 6.83. The summed E-state index contributed by atoms with van der Waals surface area (Å²) in [6.07, 6.45) is 11.0. The second-order valence-electron chi connectivity index (χ2n) is 5.25. The normalized spacial score (nSPS) is 23.7. The standard InChI is InChI=1S/C14H20N4S/c1-18-9-16-13-12(18)6-7-15-14(13)17-10-4-3-5-11(8-10)19-2/h6-7,9-11H,3-5,8H2,1-2H3,(H,15,17). The second kappa shape index (κ2) is 5.41. The van der Waals surface area contributed by atoms with E-state index < -0.39 is 0 Å². The molecule has 0 radical (unpaired) electrons. The second-order valence-corrected chi connectivity index (χ2v) is 6.39. The van der Waals surface area contributed by atoms with Gasteiger partial charge in [-0.2, -0.15) is 11.8 Å². The molecule has 102 valence electrons. The van der Waals surface area contributed by atoms with E-state index in [1.807, 2.05) is 42.0 Å². The predicted molar refractivity (Wildman–Crippen MR) is 81.7 cm³/mol. The Kier molecular flexibility index (Phi) is 3.64. The number of nitrogens with one attached hydrogen (secondary N) is 1. The van der Waals surface area contributed by atoms with Crippen LogP contribution in [0.15, 0.2) is 18.6 Å². The molecule has 2 unspecified atom stereocenters. The highest BCUT2D eigenvalue weighted by Gasteiger charge is 2.22. The summed E-state index contributed by atoms with van der Waals surface area (Å²) < 4.78 is 2.04. The molecular weight excluding hydrogens is 256 g/mol. The van der Waals surface area contributed by atoms with Crippen LogP contribution in [0.1, 0.15) is 25.7 Å². The number of pyridine rings is 1. The molecule has 5 heteroatoms. The van der Waals surface area contributed by atoms with Crippen LogP contribution in [0.2, 0.25) is 0 Å². The van der Waals surface area contributed by atoms with Crippen molar-refractivity contribution in [2.75, 3.05) is 11.6 Å². The molecule has 0 aromatic carbocycles. The third kappa shape index (κ3) is 2.56. The molecule has 3 rings (SSSR count). The average molecular weight is 276 g/mol. The number of rotatable bonds is 3. The molecule has 4 nitrogen and oxygen atoms in total. The smallest absolute Gasteiger partial charge is 0.154 e. The van der Waals surface area contributed by atoms with E-state index in [1.165, 1.54) is 25.7 Å². The molecule has 1 aliphatic rings. The quantitative estimate of drug-likeness (QED) is 0.935. The van der Waals surface area contributed by atoms with Gasteiger partial charge in [-0.1, -0.05) is 6.42 Å². The molecule has 1 saturated carbocycles. The van der Waals surface area contributed by atoms with Gasteiger partial charge in [-0.3, -0.25) is 0 Å². The minimum absolute atomic E-state index is 0.534. The molecule has 2 aromatic heterocycles. The molecule has 1 N–H and O–H groups in total. The van der Waals surface area contributed by atoms with Crippen LogP contribution >= 0.6 is 11.8 Å². The number of anilines is 1. The van der Waals surface area contributed by atoms with Crippen molar-refractivity contribution in [2.24, 2.45) is 7.05 Å². The molecule has 0 amide bonds. The van der Waals surface area contributed by atoms with Gasteiger partial charge in [0, 0.05) is 24.5 Å². The fourth-order valence-electron chi connectivity index (χ4n) is 2.85. The highest BCUT2D eigenvalue weighted by Crippen LogP contribution is 2.29. The minimum Gasteiger partial charge on any atom is -0.365 e. The largest absolute Gasteiger partial charge is 0.365 e. The van der Waals surface area contributed by atoms with Gasteiger partial charge in [-0.05, 0) is 31.6 Å². The zero-order valence-electron chi connectivity index (χ0n) is 11.5. The van der Waals surface area contributed by atoms with E-state index in [9.17, 15) is 0 Å². The van der Waals surface area contributed by atoms with E-state index in [1.54, 1.807) is 0 Å². The monoisotopic (exact) mass is 276 g/mol. The predicted octanol–water partition coefficient (Wildman–Crippen LogP) is 3.05. The first-order chi connectivity index (χ1) is 9.28. The Labute approximate surface area is 118 Å². The third-order valence-corrected chi connectivity index (χ3v) is 5.04.